The molecule has 1 heterocycles. The van der Waals surface area contributed by atoms with Gasteiger partial charge in [-0.3, -0.25) is 0 Å². The molecule has 0 saturated heterocycles. The van der Waals surface area contributed by atoms with Crippen molar-refractivity contribution in [3.63, 3.8) is 0 Å². The van der Waals surface area contributed by atoms with E-state index in [0.717, 1.165) is 0 Å². The van der Waals surface area contributed by atoms with Gasteiger partial charge in [0.25, 0.3) is 0 Å². The van der Waals surface area contributed by atoms with E-state index in [0.29, 0.717) is 17.9 Å². The molecular weight excluding hydrogens is 166 g/mol. The van der Waals surface area contributed by atoms with Crippen molar-refractivity contribution in [3.05, 3.63) is 5.82 Å². The highest BCUT2D eigenvalue weighted by atomic mass is 16.5. The first kappa shape index (κ1) is 8.53. The van der Waals surface area contributed by atoms with Crippen molar-refractivity contribution in [1.29, 1.82) is 0 Å². The largest absolute Gasteiger partial charge is 0.335 e. The molecule has 0 unspecified atom stereocenters. The van der Waals surface area contributed by atoms with E-state index >= 15 is 0 Å². The van der Waals surface area contributed by atoms with Crippen LogP contribution < -0.4 is 5.32 Å². The lowest BCUT2D eigenvalue weighted by molar-refractivity contribution is 0.404. The summed E-state index contributed by atoms with van der Waals surface area (Å²) in [7, 11) is 0. The van der Waals surface area contributed by atoms with Gasteiger partial charge in [0.15, 0.2) is 5.82 Å². The highest BCUT2D eigenvalue weighted by Crippen LogP contribution is 2.20. The number of anilines is 1. The van der Waals surface area contributed by atoms with Crippen molar-refractivity contribution in [1.82, 2.24) is 10.1 Å². The van der Waals surface area contributed by atoms with Crippen molar-refractivity contribution in [3.8, 4) is 0 Å². The summed E-state index contributed by atoms with van der Waals surface area (Å²) in [6.45, 7) is 1.83. The Bertz CT molecular complexity index is 266. The van der Waals surface area contributed by atoms with Gasteiger partial charge in [0, 0.05) is 6.04 Å². The van der Waals surface area contributed by atoms with Crippen LogP contribution in [0.5, 0.6) is 0 Å². The molecule has 0 atom stereocenters. The standard InChI is InChI=1S/C9H15N3O/c1-7-10-9(13-12-7)11-8-5-3-2-4-6-8/h8H,2-6H2,1H3,(H,10,11,12). The fourth-order valence-corrected chi connectivity index (χ4v) is 1.78. The lowest BCUT2D eigenvalue weighted by Gasteiger charge is -2.21. The van der Waals surface area contributed by atoms with E-state index in [1.165, 1.54) is 32.1 Å². The van der Waals surface area contributed by atoms with E-state index in [4.69, 9.17) is 4.52 Å². The zero-order chi connectivity index (χ0) is 9.10. The second kappa shape index (κ2) is 3.77. The normalized spacial score (nSPS) is 18.8. The minimum Gasteiger partial charge on any atom is -0.335 e. The lowest BCUT2D eigenvalue weighted by atomic mass is 9.96. The molecule has 1 fully saturated rings. The third-order valence-electron chi connectivity index (χ3n) is 2.46. The van der Waals surface area contributed by atoms with E-state index < -0.39 is 0 Å². The number of aromatic nitrogens is 2. The number of hydrogen-bond donors (Lipinski definition) is 1. The van der Waals surface area contributed by atoms with Crippen LogP contribution in [0.25, 0.3) is 0 Å². The molecule has 1 aromatic rings. The summed E-state index contributed by atoms with van der Waals surface area (Å²) in [6.07, 6.45) is 6.43. The highest BCUT2D eigenvalue weighted by Gasteiger charge is 2.15. The Balaban J connectivity index is 1.89. The number of rotatable bonds is 2. The smallest absolute Gasteiger partial charge is 0.321 e. The first-order chi connectivity index (χ1) is 6.34. The van der Waals surface area contributed by atoms with Gasteiger partial charge in [-0.05, 0) is 19.8 Å². The maximum atomic E-state index is 4.99. The van der Waals surface area contributed by atoms with Gasteiger partial charge < -0.3 is 9.84 Å². The molecule has 4 nitrogen and oxygen atoms in total. The lowest BCUT2D eigenvalue weighted by Crippen LogP contribution is -2.22. The van der Waals surface area contributed by atoms with Crippen LogP contribution in [0.1, 0.15) is 37.9 Å². The van der Waals surface area contributed by atoms with Crippen molar-refractivity contribution < 1.29 is 4.52 Å². The minimum atomic E-state index is 0.536. The van der Waals surface area contributed by atoms with Crippen LogP contribution in [0.4, 0.5) is 6.01 Å². The summed E-state index contributed by atoms with van der Waals surface area (Å²) >= 11 is 0. The minimum absolute atomic E-state index is 0.536. The Labute approximate surface area is 77.7 Å². The molecular formula is C9H15N3O. The molecule has 0 spiro atoms. The summed E-state index contributed by atoms with van der Waals surface area (Å²) in [5.41, 5.74) is 0. The van der Waals surface area contributed by atoms with Gasteiger partial charge in [-0.15, -0.1) is 0 Å². The molecule has 0 radical (unpaired) electrons. The molecule has 72 valence electrons. The first-order valence-corrected chi connectivity index (χ1v) is 4.91. The Morgan fingerprint density at radius 3 is 2.69 bits per heavy atom. The average molecular weight is 181 g/mol. The average Bonchev–Trinajstić information content (AvgIpc) is 2.53. The van der Waals surface area contributed by atoms with Gasteiger partial charge >= 0.3 is 6.01 Å². The quantitative estimate of drug-likeness (QED) is 0.759. The Hall–Kier alpha value is -1.06. The maximum absolute atomic E-state index is 4.99. The molecule has 1 N–H and O–H groups in total. The van der Waals surface area contributed by atoms with Crippen LogP contribution in [-0.4, -0.2) is 16.2 Å². The van der Waals surface area contributed by atoms with Gasteiger partial charge in [-0.25, -0.2) is 0 Å². The molecule has 2 rings (SSSR count). The van der Waals surface area contributed by atoms with E-state index in [9.17, 15) is 0 Å². The van der Waals surface area contributed by atoms with Crippen molar-refractivity contribution in [2.75, 3.05) is 5.32 Å². The summed E-state index contributed by atoms with van der Waals surface area (Å²) in [6, 6.07) is 1.11. The predicted octanol–water partition coefficient (Wildman–Crippen LogP) is 2.12. The molecule has 1 aliphatic rings. The summed E-state index contributed by atoms with van der Waals surface area (Å²) < 4.78 is 4.99. The highest BCUT2D eigenvalue weighted by molar-refractivity contribution is 5.20. The topological polar surface area (TPSA) is 51.0 Å². The Kier molecular flexibility index (Phi) is 2.47. The Morgan fingerprint density at radius 1 is 1.31 bits per heavy atom. The van der Waals surface area contributed by atoms with Crippen LogP contribution in [0.2, 0.25) is 0 Å². The van der Waals surface area contributed by atoms with Gasteiger partial charge in [-0.2, -0.15) is 4.98 Å². The predicted molar refractivity (Wildman–Crippen MR) is 49.5 cm³/mol. The zero-order valence-electron chi connectivity index (χ0n) is 7.92. The first-order valence-electron chi connectivity index (χ1n) is 4.91. The van der Waals surface area contributed by atoms with Crippen LogP contribution in [0, 0.1) is 6.92 Å². The summed E-state index contributed by atoms with van der Waals surface area (Å²) in [5, 5.41) is 6.99. The molecule has 1 aromatic heterocycles. The molecule has 1 saturated carbocycles. The van der Waals surface area contributed by atoms with Crippen LogP contribution in [0.15, 0.2) is 4.52 Å². The van der Waals surface area contributed by atoms with Crippen LogP contribution in [-0.2, 0) is 0 Å². The van der Waals surface area contributed by atoms with Crippen molar-refractivity contribution in [2.24, 2.45) is 0 Å². The maximum Gasteiger partial charge on any atom is 0.321 e. The molecule has 4 heteroatoms. The van der Waals surface area contributed by atoms with Crippen molar-refractivity contribution in [2.45, 2.75) is 45.1 Å². The fraction of sp³-hybridized carbons (Fsp3) is 0.778. The number of nitrogens with zero attached hydrogens (tertiary/aromatic N) is 2. The van der Waals surface area contributed by atoms with Crippen LogP contribution >= 0.6 is 0 Å². The second-order valence-electron chi connectivity index (χ2n) is 3.63. The fourth-order valence-electron chi connectivity index (χ4n) is 1.78. The second-order valence-corrected chi connectivity index (χ2v) is 3.63. The van der Waals surface area contributed by atoms with Crippen LogP contribution in [0.3, 0.4) is 0 Å². The molecule has 0 aliphatic heterocycles. The van der Waals surface area contributed by atoms with E-state index in [1.807, 2.05) is 6.92 Å². The summed E-state index contributed by atoms with van der Waals surface area (Å²) in [4.78, 5) is 4.12. The molecule has 0 amide bonds. The Morgan fingerprint density at radius 2 is 2.08 bits per heavy atom. The monoisotopic (exact) mass is 181 g/mol. The SMILES string of the molecule is Cc1noc(NC2CCCCC2)n1. The van der Waals surface area contributed by atoms with Crippen molar-refractivity contribution >= 4 is 6.01 Å². The number of aryl methyl sites for hydroxylation is 1. The summed E-state index contributed by atoms with van der Waals surface area (Å²) in [5.74, 6) is 0.693. The number of nitrogens with one attached hydrogen (secondary N) is 1. The van der Waals surface area contributed by atoms with Gasteiger partial charge in [0.2, 0.25) is 0 Å². The van der Waals surface area contributed by atoms with E-state index in [-0.39, 0.29) is 0 Å². The van der Waals surface area contributed by atoms with E-state index in [1.54, 1.807) is 0 Å². The zero-order valence-corrected chi connectivity index (χ0v) is 7.92. The molecule has 13 heavy (non-hydrogen) atoms. The molecule has 0 bridgehead atoms. The third-order valence-corrected chi connectivity index (χ3v) is 2.46. The van der Waals surface area contributed by atoms with Gasteiger partial charge in [-0.1, -0.05) is 24.4 Å². The van der Waals surface area contributed by atoms with Gasteiger partial charge in [0.1, 0.15) is 0 Å². The van der Waals surface area contributed by atoms with E-state index in [2.05, 4.69) is 15.5 Å². The van der Waals surface area contributed by atoms with Gasteiger partial charge in [0.05, 0.1) is 0 Å². The number of hydrogen-bond acceptors (Lipinski definition) is 4. The molecule has 1 aliphatic carbocycles. The molecule has 0 aromatic carbocycles. The third kappa shape index (κ3) is 2.20.